The van der Waals surface area contributed by atoms with Gasteiger partial charge in [-0.15, -0.1) is 11.3 Å². The molecule has 0 fully saturated rings. The van der Waals surface area contributed by atoms with Gasteiger partial charge in [0.1, 0.15) is 0 Å². The van der Waals surface area contributed by atoms with E-state index < -0.39 is 0 Å². The van der Waals surface area contributed by atoms with Gasteiger partial charge in [0, 0.05) is 29.9 Å². The van der Waals surface area contributed by atoms with Gasteiger partial charge in [0.2, 0.25) is 0 Å². The minimum Gasteiger partial charge on any atom is -0.329 e. The molecule has 1 aromatic heterocycles. The van der Waals surface area contributed by atoms with Gasteiger partial charge in [-0.3, -0.25) is 4.90 Å². The van der Waals surface area contributed by atoms with Gasteiger partial charge < -0.3 is 5.73 Å². The fourth-order valence-corrected chi connectivity index (χ4v) is 3.82. The van der Waals surface area contributed by atoms with Crippen molar-refractivity contribution in [3.05, 3.63) is 35.2 Å². The van der Waals surface area contributed by atoms with E-state index in [9.17, 15) is 0 Å². The van der Waals surface area contributed by atoms with Crippen LogP contribution in [0.1, 0.15) is 39.3 Å². The second-order valence-corrected chi connectivity index (χ2v) is 7.03. The van der Waals surface area contributed by atoms with Crippen molar-refractivity contribution in [3.63, 3.8) is 0 Å². The molecule has 2 nitrogen and oxygen atoms in total. The second kappa shape index (κ2) is 6.70. The summed E-state index contributed by atoms with van der Waals surface area (Å²) in [7, 11) is 0. The van der Waals surface area contributed by atoms with Crippen molar-refractivity contribution in [1.29, 1.82) is 0 Å². The minimum atomic E-state index is 0.313. The summed E-state index contributed by atoms with van der Waals surface area (Å²) in [6.07, 6.45) is 0. The van der Waals surface area contributed by atoms with E-state index in [0.717, 1.165) is 6.54 Å². The molecule has 1 atom stereocenters. The summed E-state index contributed by atoms with van der Waals surface area (Å²) in [5, 5.41) is 3.65. The third-order valence-electron chi connectivity index (χ3n) is 3.73. The molecule has 0 saturated heterocycles. The summed E-state index contributed by atoms with van der Waals surface area (Å²) in [4.78, 5) is 2.54. The number of nitrogens with two attached hydrogens (primary N) is 1. The van der Waals surface area contributed by atoms with Crippen molar-refractivity contribution < 1.29 is 0 Å². The number of nitrogens with zero attached hydrogens (tertiary/aromatic N) is 1. The van der Waals surface area contributed by atoms with Crippen LogP contribution in [0.2, 0.25) is 0 Å². The maximum Gasteiger partial charge on any atom is 0.0487 e. The van der Waals surface area contributed by atoms with Crippen molar-refractivity contribution in [1.82, 2.24) is 4.90 Å². The molecule has 1 heterocycles. The Balaban J connectivity index is 2.39. The molecule has 1 unspecified atom stereocenters. The summed E-state index contributed by atoms with van der Waals surface area (Å²) >= 11 is 1.82. The zero-order chi connectivity index (χ0) is 14.7. The molecular formula is C17H26N2S. The average molecular weight is 290 g/mol. The fourth-order valence-electron chi connectivity index (χ4n) is 2.82. The largest absolute Gasteiger partial charge is 0.329 e. The number of benzene rings is 1. The van der Waals surface area contributed by atoms with Gasteiger partial charge in [0.25, 0.3) is 0 Å². The monoisotopic (exact) mass is 290 g/mol. The average Bonchev–Trinajstić information content (AvgIpc) is 2.82. The fraction of sp³-hybridized carbons (Fsp3) is 0.529. The molecule has 2 aromatic rings. The maximum atomic E-state index is 6.13. The van der Waals surface area contributed by atoms with Crippen LogP contribution in [0.25, 0.3) is 10.1 Å². The molecule has 1 aromatic carbocycles. The first-order chi connectivity index (χ1) is 9.54. The van der Waals surface area contributed by atoms with E-state index in [0.29, 0.717) is 24.5 Å². The lowest BCUT2D eigenvalue weighted by Gasteiger charge is -2.35. The second-order valence-electron chi connectivity index (χ2n) is 6.12. The third kappa shape index (κ3) is 3.22. The van der Waals surface area contributed by atoms with E-state index >= 15 is 0 Å². The van der Waals surface area contributed by atoms with E-state index in [1.54, 1.807) is 0 Å². The van der Waals surface area contributed by atoms with Gasteiger partial charge in [-0.2, -0.15) is 0 Å². The molecule has 0 aliphatic carbocycles. The predicted molar refractivity (Wildman–Crippen MR) is 90.3 cm³/mol. The molecule has 0 aliphatic heterocycles. The molecule has 2 N–H and O–H groups in total. The Bertz CT molecular complexity index is 545. The number of hydrogen-bond acceptors (Lipinski definition) is 3. The van der Waals surface area contributed by atoms with Crippen LogP contribution >= 0.6 is 11.3 Å². The van der Waals surface area contributed by atoms with Crippen LogP contribution < -0.4 is 5.73 Å². The molecule has 0 radical (unpaired) electrons. The van der Waals surface area contributed by atoms with Crippen LogP contribution in [0.4, 0.5) is 0 Å². The topological polar surface area (TPSA) is 29.3 Å². The van der Waals surface area contributed by atoms with Crippen LogP contribution in [-0.2, 0) is 0 Å². The summed E-state index contributed by atoms with van der Waals surface area (Å²) in [5.41, 5.74) is 7.52. The van der Waals surface area contributed by atoms with Crippen molar-refractivity contribution in [2.75, 3.05) is 13.1 Å². The van der Waals surface area contributed by atoms with Gasteiger partial charge in [-0.25, -0.2) is 0 Å². The molecule has 0 amide bonds. The first-order valence-electron chi connectivity index (χ1n) is 7.46. The molecule has 0 bridgehead atoms. The smallest absolute Gasteiger partial charge is 0.0487 e. The van der Waals surface area contributed by atoms with Crippen LogP contribution in [0, 0.1) is 5.92 Å². The van der Waals surface area contributed by atoms with E-state index in [-0.39, 0.29) is 0 Å². The van der Waals surface area contributed by atoms with Crippen LogP contribution in [0.3, 0.4) is 0 Å². The Morgan fingerprint density at radius 2 is 1.85 bits per heavy atom. The molecule has 0 aliphatic rings. The zero-order valence-electron chi connectivity index (χ0n) is 13.0. The molecule has 0 saturated carbocycles. The summed E-state index contributed by atoms with van der Waals surface area (Å²) in [6, 6.07) is 9.46. The standard InChI is InChI=1S/C17H26N2S/c1-12(2)10-19(13(3)4)16(9-18)15-11-20-17-8-6-5-7-14(15)17/h5-8,11-13,16H,9-10,18H2,1-4H3. The first-order valence-corrected chi connectivity index (χ1v) is 8.34. The zero-order valence-corrected chi connectivity index (χ0v) is 13.8. The third-order valence-corrected chi connectivity index (χ3v) is 4.71. The number of fused-ring (bicyclic) bond motifs is 1. The Hall–Kier alpha value is -0.900. The van der Waals surface area contributed by atoms with Gasteiger partial charge >= 0.3 is 0 Å². The summed E-state index contributed by atoms with van der Waals surface area (Å²) in [5.74, 6) is 0.649. The molecule has 20 heavy (non-hydrogen) atoms. The van der Waals surface area contributed by atoms with Crippen molar-refractivity contribution >= 4 is 21.4 Å². The highest BCUT2D eigenvalue weighted by molar-refractivity contribution is 7.17. The summed E-state index contributed by atoms with van der Waals surface area (Å²) < 4.78 is 1.36. The lowest BCUT2D eigenvalue weighted by atomic mass is 10.0. The Labute approximate surface area is 126 Å². The van der Waals surface area contributed by atoms with E-state index in [2.05, 4.69) is 62.2 Å². The molecule has 3 heteroatoms. The Morgan fingerprint density at radius 3 is 2.45 bits per heavy atom. The molecular weight excluding hydrogens is 264 g/mol. The van der Waals surface area contributed by atoms with Crippen molar-refractivity contribution in [2.24, 2.45) is 11.7 Å². The number of rotatable bonds is 6. The van der Waals surface area contributed by atoms with Gasteiger partial charge in [0.05, 0.1) is 0 Å². The Kier molecular flexibility index (Phi) is 5.19. The molecule has 2 rings (SSSR count). The predicted octanol–water partition coefficient (Wildman–Crippen LogP) is 4.27. The van der Waals surface area contributed by atoms with Crippen LogP contribution in [0.15, 0.2) is 29.6 Å². The van der Waals surface area contributed by atoms with Gasteiger partial charge in [-0.1, -0.05) is 32.0 Å². The minimum absolute atomic E-state index is 0.313. The molecule has 110 valence electrons. The van der Waals surface area contributed by atoms with Gasteiger partial charge in [0.15, 0.2) is 0 Å². The highest BCUT2D eigenvalue weighted by Gasteiger charge is 2.24. The molecule has 0 spiro atoms. The summed E-state index contributed by atoms with van der Waals surface area (Å²) in [6.45, 7) is 10.8. The lowest BCUT2D eigenvalue weighted by Crippen LogP contribution is -2.40. The lowest BCUT2D eigenvalue weighted by molar-refractivity contribution is 0.139. The van der Waals surface area contributed by atoms with Gasteiger partial charge in [-0.05, 0) is 42.2 Å². The Morgan fingerprint density at radius 1 is 1.15 bits per heavy atom. The number of hydrogen-bond donors (Lipinski definition) is 1. The number of thiophene rings is 1. The highest BCUT2D eigenvalue weighted by Crippen LogP contribution is 2.33. The van der Waals surface area contributed by atoms with Crippen molar-refractivity contribution in [3.8, 4) is 0 Å². The maximum absolute atomic E-state index is 6.13. The van der Waals surface area contributed by atoms with E-state index in [1.165, 1.54) is 15.6 Å². The quantitative estimate of drug-likeness (QED) is 0.861. The SMILES string of the molecule is CC(C)CN(C(C)C)C(CN)c1csc2ccccc12. The van der Waals surface area contributed by atoms with Crippen LogP contribution in [-0.4, -0.2) is 24.0 Å². The van der Waals surface area contributed by atoms with E-state index in [4.69, 9.17) is 5.73 Å². The van der Waals surface area contributed by atoms with Crippen LogP contribution in [0.5, 0.6) is 0 Å². The normalized spacial score (nSPS) is 13.8. The van der Waals surface area contributed by atoms with Crippen molar-refractivity contribution in [2.45, 2.75) is 39.8 Å². The highest BCUT2D eigenvalue weighted by atomic mass is 32.1. The van der Waals surface area contributed by atoms with E-state index in [1.807, 2.05) is 11.3 Å². The first kappa shape index (κ1) is 15.5.